The van der Waals surface area contributed by atoms with E-state index >= 15 is 0 Å². The maximum atomic E-state index is 8.55. The van der Waals surface area contributed by atoms with Crippen molar-refractivity contribution >= 4 is 17.1 Å². The van der Waals surface area contributed by atoms with Crippen molar-refractivity contribution in [2.45, 2.75) is 73.3 Å². The van der Waals surface area contributed by atoms with Gasteiger partial charge in [-0.15, -0.1) is 0 Å². The van der Waals surface area contributed by atoms with Crippen molar-refractivity contribution in [3.63, 3.8) is 0 Å². The Morgan fingerprint density at radius 2 is 1.98 bits per heavy atom. The van der Waals surface area contributed by atoms with E-state index in [9.17, 15) is 0 Å². The van der Waals surface area contributed by atoms with E-state index in [-0.39, 0.29) is 23.8 Å². The summed E-state index contributed by atoms with van der Waals surface area (Å²) in [4.78, 5) is 10.3. The molecule has 2 N–H and O–H groups in total. The summed E-state index contributed by atoms with van der Waals surface area (Å²) in [6.45, 7) is 14.3. The Hall–Kier alpha value is -4.85. The fourth-order valence-corrected chi connectivity index (χ4v) is 6.79. The van der Waals surface area contributed by atoms with Crippen molar-refractivity contribution in [1.82, 2.24) is 5.32 Å². The largest absolute Gasteiger partial charge is 0.387 e. The highest BCUT2D eigenvalue weighted by Crippen LogP contribution is 2.37. The Bertz CT molecular complexity index is 1860. The minimum Gasteiger partial charge on any atom is -0.387 e. The minimum absolute atomic E-state index is 0.00985. The maximum Gasteiger partial charge on any atom is 0.108 e. The number of nitrogens with zero attached hydrogens (tertiary/aromatic N) is 2. The first-order valence-electron chi connectivity index (χ1n) is 17.5. The first-order valence-corrected chi connectivity index (χ1v) is 17.5. The molecule has 0 saturated heterocycles. The molecule has 4 nitrogen and oxygen atoms in total. The van der Waals surface area contributed by atoms with E-state index in [1.54, 1.807) is 0 Å². The molecule has 244 valence electrons. The van der Waals surface area contributed by atoms with Gasteiger partial charge in [-0.25, -0.2) is 0 Å². The van der Waals surface area contributed by atoms with E-state index in [0.717, 1.165) is 48.4 Å². The van der Waals surface area contributed by atoms with Gasteiger partial charge in [-0.2, -0.15) is 0 Å². The third-order valence-corrected chi connectivity index (χ3v) is 9.61. The lowest BCUT2D eigenvalue weighted by Gasteiger charge is -2.33. The number of fused-ring (bicyclic) bond motifs is 1. The van der Waals surface area contributed by atoms with Crippen LogP contribution in [-0.4, -0.2) is 36.3 Å². The molecule has 1 heterocycles. The molecule has 0 amide bonds. The van der Waals surface area contributed by atoms with Gasteiger partial charge in [-0.05, 0) is 91.9 Å². The molecular weight excluding hydrogens is 585 g/mol. The Kier molecular flexibility index (Phi) is 11.7. The van der Waals surface area contributed by atoms with Crippen LogP contribution < -0.4 is 5.32 Å². The monoisotopic (exact) mass is 632 g/mol. The maximum absolute atomic E-state index is 8.55. The smallest absolute Gasteiger partial charge is 0.108 e. The van der Waals surface area contributed by atoms with Gasteiger partial charge in [0.05, 0.1) is 23.9 Å². The summed E-state index contributed by atoms with van der Waals surface area (Å²) >= 11 is 0. The molecule has 48 heavy (non-hydrogen) atoms. The molecule has 0 aromatic heterocycles. The van der Waals surface area contributed by atoms with Crippen molar-refractivity contribution in [2.75, 3.05) is 13.1 Å². The highest BCUT2D eigenvalue weighted by molar-refractivity contribution is 6.12. The lowest BCUT2D eigenvalue weighted by molar-refractivity contribution is 0.526. The van der Waals surface area contributed by atoms with Crippen LogP contribution in [0.5, 0.6) is 0 Å². The number of rotatable bonds is 10. The third kappa shape index (κ3) is 7.98. The summed E-state index contributed by atoms with van der Waals surface area (Å²) in [5, 5.41) is 12.2. The van der Waals surface area contributed by atoms with E-state index < -0.39 is 0 Å². The highest BCUT2D eigenvalue weighted by atomic mass is 15.0. The molecule has 0 aromatic rings. The summed E-state index contributed by atoms with van der Waals surface area (Å²) in [7, 11) is 0. The van der Waals surface area contributed by atoms with Crippen LogP contribution in [0.1, 0.15) is 67.2 Å². The zero-order chi connectivity index (χ0) is 34.0. The van der Waals surface area contributed by atoms with Crippen molar-refractivity contribution in [2.24, 2.45) is 33.7 Å². The Labute approximate surface area is 288 Å². The summed E-state index contributed by atoms with van der Waals surface area (Å²) in [6, 6.07) is -0.00985. The summed E-state index contributed by atoms with van der Waals surface area (Å²) in [5.41, 5.74) is 10.5. The molecule has 3 unspecified atom stereocenters. The van der Waals surface area contributed by atoms with E-state index in [0.29, 0.717) is 24.6 Å². The molecule has 5 aliphatic rings. The minimum atomic E-state index is -0.00985. The van der Waals surface area contributed by atoms with Crippen LogP contribution in [0.25, 0.3) is 0 Å². The lowest BCUT2D eigenvalue weighted by Crippen LogP contribution is -2.35. The average molecular weight is 633 g/mol. The number of hydrogen-bond acceptors (Lipinski definition) is 4. The second kappa shape index (κ2) is 16.3. The van der Waals surface area contributed by atoms with Crippen molar-refractivity contribution in [3.8, 4) is 35.5 Å². The van der Waals surface area contributed by atoms with E-state index in [2.05, 4.69) is 112 Å². The van der Waals surface area contributed by atoms with Gasteiger partial charge in [0.25, 0.3) is 0 Å². The lowest BCUT2D eigenvalue weighted by atomic mass is 9.76. The fraction of sp³-hybridized carbons (Fsp3) is 0.386. The SMILES string of the molecule is CC#CC(/C=C1/C(=C2/C=CC=CC2=N)C=C[C@@H](C)[C@H]1C)=N\C/C(=C/CC1=NC2C(NCC)=C(C)C(C3C#CC=CC3)=CC2C#C1)CCC. The summed E-state index contributed by atoms with van der Waals surface area (Å²) < 4.78 is 0. The van der Waals surface area contributed by atoms with Crippen molar-refractivity contribution in [1.29, 1.82) is 5.41 Å². The molecule has 5 rings (SSSR count). The quantitative estimate of drug-likeness (QED) is 0.141. The normalized spacial score (nSPS) is 28.5. The highest BCUT2D eigenvalue weighted by Gasteiger charge is 2.33. The molecule has 0 fully saturated rings. The molecular formula is C44H48N4. The predicted octanol–water partition coefficient (Wildman–Crippen LogP) is 8.62. The van der Waals surface area contributed by atoms with Gasteiger partial charge >= 0.3 is 0 Å². The van der Waals surface area contributed by atoms with Crippen molar-refractivity contribution < 1.29 is 0 Å². The van der Waals surface area contributed by atoms with Gasteiger partial charge < -0.3 is 10.7 Å². The van der Waals surface area contributed by atoms with Crippen LogP contribution in [-0.2, 0) is 0 Å². The average Bonchev–Trinajstić information content (AvgIpc) is 3.10. The fourth-order valence-electron chi connectivity index (χ4n) is 6.79. The Morgan fingerprint density at radius 1 is 1.15 bits per heavy atom. The van der Waals surface area contributed by atoms with Crippen LogP contribution in [0.15, 0.2) is 116 Å². The van der Waals surface area contributed by atoms with Gasteiger partial charge in [-0.3, -0.25) is 9.98 Å². The Balaban J connectivity index is 1.39. The zero-order valence-corrected chi connectivity index (χ0v) is 29.4. The van der Waals surface area contributed by atoms with Crippen molar-refractivity contribution in [3.05, 3.63) is 106 Å². The second-order valence-corrected chi connectivity index (χ2v) is 12.9. The van der Waals surface area contributed by atoms with Crippen LogP contribution in [0, 0.1) is 64.6 Å². The zero-order valence-electron chi connectivity index (χ0n) is 29.4. The number of aliphatic imine (C=N–C) groups is 2. The summed E-state index contributed by atoms with van der Waals surface area (Å²) in [6.07, 6.45) is 26.7. The van der Waals surface area contributed by atoms with Gasteiger partial charge in [0.1, 0.15) is 11.8 Å². The van der Waals surface area contributed by atoms with Gasteiger partial charge in [0, 0.05) is 30.2 Å². The first-order chi connectivity index (χ1) is 23.3. The van der Waals surface area contributed by atoms with Gasteiger partial charge in [0.2, 0.25) is 0 Å². The molecule has 0 aromatic carbocycles. The summed E-state index contributed by atoms with van der Waals surface area (Å²) in [5.74, 6) is 20.8. The molecule has 1 aliphatic heterocycles. The van der Waals surface area contributed by atoms with Gasteiger partial charge in [-0.1, -0.05) is 111 Å². The molecule has 0 radical (unpaired) electrons. The van der Waals surface area contributed by atoms with E-state index in [4.69, 9.17) is 15.4 Å². The Morgan fingerprint density at radius 3 is 2.71 bits per heavy atom. The van der Waals surface area contributed by atoms with Crippen LogP contribution in [0.4, 0.5) is 0 Å². The first kappa shape index (κ1) is 34.5. The number of hydrogen-bond donors (Lipinski definition) is 2. The van der Waals surface area contributed by atoms with E-state index in [1.165, 1.54) is 28.0 Å². The van der Waals surface area contributed by atoms with Crippen LogP contribution in [0.3, 0.4) is 0 Å². The number of allylic oxidation sites excluding steroid dienone is 15. The molecule has 0 bridgehead atoms. The van der Waals surface area contributed by atoms with Crippen LogP contribution in [0.2, 0.25) is 0 Å². The van der Waals surface area contributed by atoms with Gasteiger partial charge in [0.15, 0.2) is 0 Å². The number of likely N-dealkylation sites (N-methyl/N-ethyl adjacent to an activating group) is 1. The predicted molar refractivity (Wildman–Crippen MR) is 204 cm³/mol. The second-order valence-electron chi connectivity index (χ2n) is 12.9. The molecule has 5 atom stereocenters. The molecule has 4 aliphatic carbocycles. The molecule has 0 spiro atoms. The standard InChI is InChI=1S/C44H48N4/c1-7-15-33(29-47-37(16-8-2)28-41-31(5)30(4)21-26-38(41)39-19-13-14-20-42(39)45)22-24-36-25-23-35-27-40(34-17-11-10-12-18-34)32(6)43(46-9-3)44(35)48-36/h10-11,13-14,19-22,26-28,30-31,34-35,44-46H,7,9,15,17,24,29H2,1-6H3/b33-22+,39-38-,41-28+,45-42?,47-37+/t30-,31-,34?,35?,44?/m1/s1. The number of nitrogens with one attached hydrogen (secondary N) is 2. The topological polar surface area (TPSA) is 60.6 Å². The molecule has 0 saturated carbocycles. The molecule has 4 heteroatoms. The third-order valence-electron chi connectivity index (χ3n) is 9.61. The van der Waals surface area contributed by atoms with E-state index in [1.807, 2.05) is 37.3 Å². The van der Waals surface area contributed by atoms with Crippen LogP contribution >= 0.6 is 0 Å².